The van der Waals surface area contributed by atoms with E-state index in [1.807, 2.05) is 11.4 Å². The number of carbonyl (C=O) groups excluding carboxylic acids is 2. The van der Waals surface area contributed by atoms with Crippen LogP contribution in [-0.4, -0.2) is 63.7 Å². The second kappa shape index (κ2) is 8.84. The fraction of sp³-hybridized carbons (Fsp3) is 0.400. The van der Waals surface area contributed by atoms with Crippen molar-refractivity contribution in [1.82, 2.24) is 10.2 Å². The Morgan fingerprint density at radius 2 is 1.90 bits per heavy atom. The largest absolute Gasteiger partial charge is 0.379 e. The molecule has 1 atom stereocenters. The molecule has 160 valence electrons. The van der Waals surface area contributed by atoms with Crippen molar-refractivity contribution >= 4 is 38.9 Å². The molecule has 2 aliphatic rings. The standard InChI is InChI=1S/C20H23N3O5S2/c24-19-7-13-30(26,27)23(19)16-5-3-15(4-6-16)20(25)21-14-17(18-2-1-12-29-18)22-8-10-28-11-9-22/h1-6,12,17H,7-11,13-14H2,(H,21,25). The van der Waals surface area contributed by atoms with Crippen molar-refractivity contribution in [3.63, 3.8) is 0 Å². The third-order valence-electron chi connectivity index (χ3n) is 5.26. The number of sulfonamides is 1. The second-order valence-electron chi connectivity index (χ2n) is 7.16. The molecule has 1 unspecified atom stereocenters. The van der Waals surface area contributed by atoms with E-state index in [0.29, 0.717) is 25.3 Å². The summed E-state index contributed by atoms with van der Waals surface area (Å²) in [6, 6.07) is 10.2. The number of anilines is 1. The van der Waals surface area contributed by atoms with E-state index in [1.54, 1.807) is 23.5 Å². The van der Waals surface area contributed by atoms with Gasteiger partial charge in [0, 0.05) is 36.5 Å². The van der Waals surface area contributed by atoms with Crippen molar-refractivity contribution in [1.29, 1.82) is 0 Å². The van der Waals surface area contributed by atoms with Gasteiger partial charge in [0.2, 0.25) is 15.9 Å². The van der Waals surface area contributed by atoms with Crippen LogP contribution in [0.25, 0.3) is 0 Å². The van der Waals surface area contributed by atoms with E-state index in [2.05, 4.69) is 16.3 Å². The minimum absolute atomic E-state index is 0.0176. The monoisotopic (exact) mass is 449 g/mol. The summed E-state index contributed by atoms with van der Waals surface area (Å²) >= 11 is 1.66. The highest BCUT2D eigenvalue weighted by molar-refractivity contribution is 7.94. The number of amides is 2. The number of hydrogen-bond donors (Lipinski definition) is 1. The molecule has 8 nitrogen and oxygen atoms in total. The maximum absolute atomic E-state index is 12.7. The van der Waals surface area contributed by atoms with Crippen LogP contribution < -0.4 is 9.62 Å². The number of nitrogens with zero attached hydrogens (tertiary/aromatic N) is 2. The number of morpholine rings is 1. The van der Waals surface area contributed by atoms with Crippen LogP contribution in [0, 0.1) is 0 Å². The van der Waals surface area contributed by atoms with Crippen molar-refractivity contribution < 1.29 is 22.7 Å². The Hall–Kier alpha value is -2.27. The lowest BCUT2D eigenvalue weighted by Gasteiger charge is -2.34. The zero-order chi connectivity index (χ0) is 21.1. The molecule has 10 heteroatoms. The molecule has 1 aromatic carbocycles. The highest BCUT2D eigenvalue weighted by Crippen LogP contribution is 2.27. The molecule has 0 saturated carbocycles. The van der Waals surface area contributed by atoms with Gasteiger partial charge in [-0.25, -0.2) is 12.7 Å². The SMILES string of the molecule is O=C(NCC(c1cccs1)N1CCOCC1)c1ccc(N2C(=O)CCS2(=O)=O)cc1. The molecule has 0 aliphatic carbocycles. The van der Waals surface area contributed by atoms with Gasteiger partial charge in [-0.05, 0) is 35.7 Å². The van der Waals surface area contributed by atoms with Crippen LogP contribution >= 0.6 is 11.3 Å². The van der Waals surface area contributed by atoms with Gasteiger partial charge in [-0.1, -0.05) is 6.07 Å². The van der Waals surface area contributed by atoms with E-state index in [0.717, 1.165) is 17.4 Å². The Balaban J connectivity index is 1.43. The maximum atomic E-state index is 12.7. The summed E-state index contributed by atoms with van der Waals surface area (Å²) in [5.41, 5.74) is 0.675. The topological polar surface area (TPSA) is 96.0 Å². The van der Waals surface area contributed by atoms with Crippen LogP contribution in [0.3, 0.4) is 0 Å². The number of benzene rings is 1. The maximum Gasteiger partial charge on any atom is 0.251 e. The summed E-state index contributed by atoms with van der Waals surface area (Å²) in [7, 11) is -3.61. The molecule has 2 fully saturated rings. The fourth-order valence-corrected chi connectivity index (χ4v) is 6.01. The van der Waals surface area contributed by atoms with Crippen LogP contribution in [0.15, 0.2) is 41.8 Å². The highest BCUT2D eigenvalue weighted by atomic mass is 32.2. The molecule has 2 amide bonds. The first-order valence-corrected chi connectivity index (χ1v) is 12.2. The summed E-state index contributed by atoms with van der Waals surface area (Å²) in [6.07, 6.45) is -0.0176. The molecule has 2 aliphatic heterocycles. The van der Waals surface area contributed by atoms with E-state index in [9.17, 15) is 18.0 Å². The Labute approximate surface area is 179 Å². The zero-order valence-electron chi connectivity index (χ0n) is 16.3. The van der Waals surface area contributed by atoms with E-state index < -0.39 is 15.9 Å². The minimum Gasteiger partial charge on any atom is -0.379 e. The van der Waals surface area contributed by atoms with E-state index in [1.165, 1.54) is 17.0 Å². The number of hydrogen-bond acceptors (Lipinski definition) is 7. The van der Waals surface area contributed by atoms with Gasteiger partial charge in [-0.2, -0.15) is 0 Å². The Morgan fingerprint density at radius 3 is 2.50 bits per heavy atom. The predicted octanol–water partition coefficient (Wildman–Crippen LogP) is 1.62. The fourth-order valence-electron chi connectivity index (χ4n) is 3.69. The minimum atomic E-state index is -3.61. The summed E-state index contributed by atoms with van der Waals surface area (Å²) < 4.78 is 30.4. The van der Waals surface area contributed by atoms with Gasteiger partial charge in [-0.15, -0.1) is 11.3 Å². The van der Waals surface area contributed by atoms with Gasteiger partial charge in [0.25, 0.3) is 5.91 Å². The average molecular weight is 450 g/mol. The third kappa shape index (κ3) is 4.41. The summed E-state index contributed by atoms with van der Waals surface area (Å²) in [4.78, 5) is 28.1. The predicted molar refractivity (Wildman–Crippen MR) is 114 cm³/mol. The lowest BCUT2D eigenvalue weighted by atomic mass is 10.1. The van der Waals surface area contributed by atoms with Gasteiger partial charge in [0.05, 0.1) is 30.7 Å². The molecule has 2 saturated heterocycles. The van der Waals surface area contributed by atoms with Crippen molar-refractivity contribution in [2.24, 2.45) is 0 Å². The Kier molecular flexibility index (Phi) is 6.19. The van der Waals surface area contributed by atoms with Crippen LogP contribution in [-0.2, 0) is 19.6 Å². The molecule has 0 bridgehead atoms. The first-order valence-electron chi connectivity index (χ1n) is 9.75. The van der Waals surface area contributed by atoms with Gasteiger partial charge >= 0.3 is 0 Å². The number of nitrogens with one attached hydrogen (secondary N) is 1. The van der Waals surface area contributed by atoms with Crippen molar-refractivity contribution in [2.75, 3.05) is 42.9 Å². The molecular weight excluding hydrogens is 426 g/mol. The van der Waals surface area contributed by atoms with E-state index >= 15 is 0 Å². The number of carbonyl (C=O) groups is 2. The lowest BCUT2D eigenvalue weighted by Crippen LogP contribution is -2.43. The van der Waals surface area contributed by atoms with Crippen molar-refractivity contribution in [3.8, 4) is 0 Å². The summed E-state index contributed by atoms with van der Waals surface area (Å²) in [5, 5.41) is 5.01. The normalized spacial score (nSPS) is 20.3. The smallest absolute Gasteiger partial charge is 0.251 e. The second-order valence-corrected chi connectivity index (χ2v) is 10.1. The zero-order valence-corrected chi connectivity index (χ0v) is 18.0. The molecule has 2 aromatic rings. The first-order chi connectivity index (χ1) is 14.5. The molecule has 30 heavy (non-hydrogen) atoms. The van der Waals surface area contributed by atoms with Gasteiger partial charge in [0.15, 0.2) is 0 Å². The van der Waals surface area contributed by atoms with E-state index in [4.69, 9.17) is 4.74 Å². The third-order valence-corrected chi connectivity index (χ3v) is 7.92. The summed E-state index contributed by atoms with van der Waals surface area (Å²) in [5.74, 6) is -0.872. The van der Waals surface area contributed by atoms with Gasteiger partial charge in [-0.3, -0.25) is 14.5 Å². The molecule has 4 rings (SSSR count). The van der Waals surface area contributed by atoms with Crippen LogP contribution in [0.4, 0.5) is 5.69 Å². The summed E-state index contributed by atoms with van der Waals surface area (Å²) in [6.45, 7) is 3.43. The van der Waals surface area contributed by atoms with Gasteiger partial charge in [0.1, 0.15) is 0 Å². The van der Waals surface area contributed by atoms with E-state index in [-0.39, 0.29) is 29.8 Å². The molecular formula is C20H23N3O5S2. The van der Waals surface area contributed by atoms with Crippen molar-refractivity contribution in [2.45, 2.75) is 12.5 Å². The number of rotatable bonds is 6. The number of ether oxygens (including phenoxy) is 1. The quantitative estimate of drug-likeness (QED) is 0.720. The molecule has 0 radical (unpaired) electrons. The lowest BCUT2D eigenvalue weighted by molar-refractivity contribution is -0.116. The Bertz CT molecular complexity index is 1000. The molecule has 1 aromatic heterocycles. The van der Waals surface area contributed by atoms with Crippen molar-refractivity contribution in [3.05, 3.63) is 52.2 Å². The Morgan fingerprint density at radius 1 is 1.17 bits per heavy atom. The first kappa shape index (κ1) is 21.0. The average Bonchev–Trinajstić information content (AvgIpc) is 3.37. The van der Waals surface area contributed by atoms with Crippen LogP contribution in [0.2, 0.25) is 0 Å². The molecule has 3 heterocycles. The highest BCUT2D eigenvalue weighted by Gasteiger charge is 2.36. The van der Waals surface area contributed by atoms with Crippen LogP contribution in [0.1, 0.15) is 27.7 Å². The van der Waals surface area contributed by atoms with Gasteiger partial charge < -0.3 is 10.1 Å². The van der Waals surface area contributed by atoms with Crippen LogP contribution in [0.5, 0.6) is 0 Å². The number of thiophene rings is 1. The molecule has 0 spiro atoms. The molecule has 1 N–H and O–H groups in total.